The second-order valence-electron chi connectivity index (χ2n) is 3.02. The van der Waals surface area contributed by atoms with Gasteiger partial charge in [-0.15, -0.1) is 0 Å². The smallest absolute Gasteiger partial charge is 0.152 e. The number of hydrogen-bond donors (Lipinski definition) is 0. The van der Waals surface area contributed by atoms with Crippen molar-refractivity contribution in [1.29, 1.82) is 0 Å². The minimum atomic E-state index is 0.149. The highest BCUT2D eigenvalue weighted by Gasteiger charge is 2.12. The molecule has 0 atom stereocenters. The zero-order valence-corrected chi connectivity index (χ0v) is 7.67. The van der Waals surface area contributed by atoms with Gasteiger partial charge in [-0.2, -0.15) is 5.06 Å². The van der Waals surface area contributed by atoms with Crippen LogP contribution in [-0.2, 0) is 9.63 Å². The second-order valence-corrected chi connectivity index (χ2v) is 3.02. The van der Waals surface area contributed by atoms with E-state index < -0.39 is 0 Å². The SMILES string of the molecule is CON1CCC(=CC(C)=O)CC1. The zero-order chi connectivity index (χ0) is 8.97. The first-order valence-corrected chi connectivity index (χ1v) is 4.21. The molecule has 1 rings (SSSR count). The molecular weight excluding hydrogens is 154 g/mol. The molecule has 1 heterocycles. The summed E-state index contributed by atoms with van der Waals surface area (Å²) < 4.78 is 0. The van der Waals surface area contributed by atoms with Crippen LogP contribution in [0.3, 0.4) is 0 Å². The number of piperidine rings is 1. The Morgan fingerprint density at radius 2 is 2.08 bits per heavy atom. The largest absolute Gasteiger partial charge is 0.302 e. The Balaban J connectivity index is 2.40. The summed E-state index contributed by atoms with van der Waals surface area (Å²) in [5.74, 6) is 0.149. The summed E-state index contributed by atoms with van der Waals surface area (Å²) in [6.45, 7) is 3.39. The molecule has 0 amide bonds. The third-order valence-corrected chi connectivity index (χ3v) is 2.03. The van der Waals surface area contributed by atoms with Gasteiger partial charge in [0.2, 0.25) is 0 Å². The standard InChI is InChI=1S/C9H15NO2/c1-8(11)7-9-3-5-10(12-2)6-4-9/h7H,3-6H2,1-2H3. The molecule has 0 aromatic rings. The van der Waals surface area contributed by atoms with Gasteiger partial charge in [-0.05, 0) is 25.8 Å². The number of carbonyl (C=O) groups is 1. The van der Waals surface area contributed by atoms with Crippen molar-refractivity contribution in [2.45, 2.75) is 19.8 Å². The molecule has 68 valence electrons. The van der Waals surface area contributed by atoms with Gasteiger partial charge in [0.25, 0.3) is 0 Å². The Hall–Kier alpha value is -0.670. The number of carbonyl (C=O) groups excluding carboxylic acids is 1. The third-order valence-electron chi connectivity index (χ3n) is 2.03. The summed E-state index contributed by atoms with van der Waals surface area (Å²) in [6, 6.07) is 0. The maximum absolute atomic E-state index is 10.7. The van der Waals surface area contributed by atoms with Crippen LogP contribution in [-0.4, -0.2) is 31.0 Å². The topological polar surface area (TPSA) is 29.5 Å². The van der Waals surface area contributed by atoms with E-state index in [4.69, 9.17) is 4.84 Å². The molecule has 0 saturated carbocycles. The Bertz CT molecular complexity index is 189. The van der Waals surface area contributed by atoms with E-state index in [0.29, 0.717) is 0 Å². The fraction of sp³-hybridized carbons (Fsp3) is 0.667. The third kappa shape index (κ3) is 2.75. The Morgan fingerprint density at radius 1 is 1.50 bits per heavy atom. The number of rotatable bonds is 2. The van der Waals surface area contributed by atoms with E-state index in [-0.39, 0.29) is 5.78 Å². The van der Waals surface area contributed by atoms with E-state index in [1.165, 1.54) is 5.57 Å². The first-order valence-electron chi connectivity index (χ1n) is 4.21. The van der Waals surface area contributed by atoms with Crippen LogP contribution in [0.15, 0.2) is 11.6 Å². The van der Waals surface area contributed by atoms with Crippen molar-refractivity contribution in [2.24, 2.45) is 0 Å². The van der Waals surface area contributed by atoms with E-state index in [9.17, 15) is 4.79 Å². The van der Waals surface area contributed by atoms with Crippen LogP contribution >= 0.6 is 0 Å². The van der Waals surface area contributed by atoms with Gasteiger partial charge >= 0.3 is 0 Å². The molecular formula is C9H15NO2. The van der Waals surface area contributed by atoms with Gasteiger partial charge in [-0.25, -0.2) is 0 Å². The van der Waals surface area contributed by atoms with Crippen LogP contribution in [0.25, 0.3) is 0 Å². The van der Waals surface area contributed by atoms with Crippen molar-refractivity contribution < 1.29 is 9.63 Å². The quantitative estimate of drug-likeness (QED) is 0.581. The molecule has 1 saturated heterocycles. The van der Waals surface area contributed by atoms with Gasteiger partial charge in [0.15, 0.2) is 5.78 Å². The first-order chi connectivity index (χ1) is 5.72. The molecule has 12 heavy (non-hydrogen) atoms. The molecule has 3 heteroatoms. The highest BCUT2D eigenvalue weighted by Crippen LogP contribution is 2.15. The normalized spacial score (nSPS) is 19.3. The number of ketones is 1. The highest BCUT2D eigenvalue weighted by atomic mass is 16.7. The predicted molar refractivity (Wildman–Crippen MR) is 46.6 cm³/mol. The Labute approximate surface area is 73.0 Å². The minimum absolute atomic E-state index is 0.149. The number of hydrogen-bond acceptors (Lipinski definition) is 3. The lowest BCUT2D eigenvalue weighted by Gasteiger charge is -2.25. The second kappa shape index (κ2) is 4.38. The average Bonchev–Trinajstić information content (AvgIpc) is 2.05. The summed E-state index contributed by atoms with van der Waals surface area (Å²) in [4.78, 5) is 15.8. The molecule has 0 spiro atoms. The van der Waals surface area contributed by atoms with Crippen molar-refractivity contribution in [2.75, 3.05) is 20.2 Å². The molecule has 1 aliphatic heterocycles. The molecule has 0 aromatic heterocycles. The zero-order valence-electron chi connectivity index (χ0n) is 7.67. The van der Waals surface area contributed by atoms with Gasteiger partial charge in [0.1, 0.15) is 0 Å². The lowest BCUT2D eigenvalue weighted by molar-refractivity contribution is -0.135. The van der Waals surface area contributed by atoms with Crippen molar-refractivity contribution >= 4 is 5.78 Å². The molecule has 0 N–H and O–H groups in total. The first kappa shape index (κ1) is 9.42. The molecule has 1 aliphatic rings. The van der Waals surface area contributed by atoms with E-state index in [1.807, 2.05) is 5.06 Å². The van der Waals surface area contributed by atoms with Crippen LogP contribution in [0.4, 0.5) is 0 Å². The maximum Gasteiger partial charge on any atom is 0.152 e. The van der Waals surface area contributed by atoms with Crippen molar-refractivity contribution in [1.82, 2.24) is 5.06 Å². The molecule has 0 unspecified atom stereocenters. The molecule has 0 radical (unpaired) electrons. The van der Waals surface area contributed by atoms with Gasteiger partial charge < -0.3 is 4.84 Å². The van der Waals surface area contributed by atoms with Crippen LogP contribution in [0.2, 0.25) is 0 Å². The lowest BCUT2D eigenvalue weighted by atomic mass is 10.0. The van der Waals surface area contributed by atoms with E-state index in [1.54, 1.807) is 20.1 Å². The van der Waals surface area contributed by atoms with Crippen LogP contribution < -0.4 is 0 Å². The fourth-order valence-corrected chi connectivity index (χ4v) is 1.39. The van der Waals surface area contributed by atoms with Gasteiger partial charge in [0, 0.05) is 13.1 Å². The summed E-state index contributed by atoms with van der Waals surface area (Å²) >= 11 is 0. The van der Waals surface area contributed by atoms with Gasteiger partial charge in [-0.3, -0.25) is 4.79 Å². The predicted octanol–water partition coefficient (Wildman–Crippen LogP) is 1.16. The molecule has 0 bridgehead atoms. The molecule has 0 aromatic carbocycles. The summed E-state index contributed by atoms with van der Waals surface area (Å²) in [7, 11) is 1.68. The Kier molecular flexibility index (Phi) is 3.44. The number of allylic oxidation sites excluding steroid dienone is 1. The highest BCUT2D eigenvalue weighted by molar-refractivity contribution is 5.87. The van der Waals surface area contributed by atoms with Crippen LogP contribution in [0.1, 0.15) is 19.8 Å². The van der Waals surface area contributed by atoms with Crippen molar-refractivity contribution in [3.8, 4) is 0 Å². The number of hydroxylamine groups is 2. The molecule has 0 aliphatic carbocycles. The van der Waals surface area contributed by atoms with E-state index in [0.717, 1.165) is 25.9 Å². The Morgan fingerprint density at radius 3 is 2.50 bits per heavy atom. The van der Waals surface area contributed by atoms with Gasteiger partial charge in [-0.1, -0.05) is 5.57 Å². The summed E-state index contributed by atoms with van der Waals surface area (Å²) in [6.07, 6.45) is 3.65. The van der Waals surface area contributed by atoms with E-state index >= 15 is 0 Å². The number of nitrogens with zero attached hydrogens (tertiary/aromatic N) is 1. The van der Waals surface area contributed by atoms with Crippen LogP contribution in [0, 0.1) is 0 Å². The summed E-state index contributed by atoms with van der Waals surface area (Å²) in [5.41, 5.74) is 1.25. The lowest BCUT2D eigenvalue weighted by Crippen LogP contribution is -2.29. The van der Waals surface area contributed by atoms with Crippen molar-refractivity contribution in [3.63, 3.8) is 0 Å². The molecule has 3 nitrogen and oxygen atoms in total. The van der Waals surface area contributed by atoms with Crippen molar-refractivity contribution in [3.05, 3.63) is 11.6 Å². The maximum atomic E-state index is 10.7. The van der Waals surface area contributed by atoms with E-state index in [2.05, 4.69) is 0 Å². The van der Waals surface area contributed by atoms with Crippen LogP contribution in [0.5, 0.6) is 0 Å². The average molecular weight is 169 g/mol. The fourth-order valence-electron chi connectivity index (χ4n) is 1.39. The van der Waals surface area contributed by atoms with Gasteiger partial charge in [0.05, 0.1) is 7.11 Å². The molecule has 1 fully saturated rings. The summed E-state index contributed by atoms with van der Waals surface area (Å²) in [5, 5.41) is 1.91. The monoisotopic (exact) mass is 169 g/mol. The minimum Gasteiger partial charge on any atom is -0.302 e.